The summed E-state index contributed by atoms with van der Waals surface area (Å²) in [6, 6.07) is 18.2. The molecule has 0 aliphatic rings. The van der Waals surface area contributed by atoms with E-state index in [0.29, 0.717) is 36.6 Å². The second kappa shape index (κ2) is 10.9. The van der Waals surface area contributed by atoms with Crippen molar-refractivity contribution in [2.24, 2.45) is 0 Å². The van der Waals surface area contributed by atoms with Crippen molar-refractivity contribution in [1.82, 2.24) is 9.78 Å². The molecule has 0 aliphatic heterocycles. The number of carbonyl (C=O) groups is 2. The molecule has 1 N–H and O–H groups in total. The van der Waals surface area contributed by atoms with E-state index in [0.717, 1.165) is 0 Å². The number of esters is 1. The lowest BCUT2D eigenvalue weighted by Crippen LogP contribution is -2.28. The molecule has 0 spiro atoms. The van der Waals surface area contributed by atoms with Crippen LogP contribution in [0.1, 0.15) is 42.4 Å². The van der Waals surface area contributed by atoms with Gasteiger partial charge in [0.2, 0.25) is 6.10 Å². The zero-order valence-corrected chi connectivity index (χ0v) is 18.0. The maximum atomic E-state index is 13.1. The quantitative estimate of drug-likeness (QED) is 0.516. The molecule has 1 unspecified atom stereocenters. The number of para-hydroxylation sites is 2. The predicted molar refractivity (Wildman–Crippen MR) is 120 cm³/mol. The van der Waals surface area contributed by atoms with E-state index in [1.165, 1.54) is 16.8 Å². The van der Waals surface area contributed by atoms with Crippen LogP contribution in [0.3, 0.4) is 0 Å². The minimum Gasteiger partial charge on any atom is -0.492 e. The first kappa shape index (κ1) is 22.7. The van der Waals surface area contributed by atoms with Crippen LogP contribution in [0.15, 0.2) is 71.5 Å². The summed E-state index contributed by atoms with van der Waals surface area (Å²) in [4.78, 5) is 37.9. The number of ether oxygens (including phenoxy) is 2. The third-order valence-corrected chi connectivity index (χ3v) is 4.52. The first-order valence-corrected chi connectivity index (χ1v) is 10.4. The van der Waals surface area contributed by atoms with Gasteiger partial charge in [-0.3, -0.25) is 9.59 Å². The maximum Gasteiger partial charge on any atom is 0.359 e. The molecule has 32 heavy (non-hydrogen) atoms. The van der Waals surface area contributed by atoms with E-state index in [-0.39, 0.29) is 11.3 Å². The van der Waals surface area contributed by atoms with Gasteiger partial charge in [0.15, 0.2) is 5.69 Å². The van der Waals surface area contributed by atoms with Crippen LogP contribution in [-0.2, 0) is 16.1 Å². The van der Waals surface area contributed by atoms with Gasteiger partial charge in [-0.15, -0.1) is 0 Å². The van der Waals surface area contributed by atoms with Crippen molar-refractivity contribution in [3.05, 3.63) is 88.3 Å². The number of nitrogens with one attached hydrogen (secondary N) is 1. The molecule has 1 amide bonds. The fourth-order valence-corrected chi connectivity index (χ4v) is 3.05. The van der Waals surface area contributed by atoms with Gasteiger partial charge in [0.1, 0.15) is 5.75 Å². The van der Waals surface area contributed by atoms with Gasteiger partial charge < -0.3 is 14.8 Å². The average molecular weight is 435 g/mol. The van der Waals surface area contributed by atoms with Crippen LogP contribution in [0, 0.1) is 0 Å². The fourth-order valence-electron chi connectivity index (χ4n) is 3.05. The number of rotatable bonds is 9. The van der Waals surface area contributed by atoms with E-state index in [1.807, 2.05) is 13.8 Å². The molecule has 8 heteroatoms. The van der Waals surface area contributed by atoms with Crippen LogP contribution >= 0.6 is 0 Å². The number of hydrogen-bond donors (Lipinski definition) is 1. The molecule has 0 aliphatic carbocycles. The molecule has 2 aromatic carbocycles. The highest BCUT2D eigenvalue weighted by Gasteiger charge is 2.27. The van der Waals surface area contributed by atoms with Crippen LogP contribution < -0.4 is 15.6 Å². The summed E-state index contributed by atoms with van der Waals surface area (Å²) >= 11 is 0. The van der Waals surface area contributed by atoms with Crippen molar-refractivity contribution in [3.8, 4) is 5.75 Å². The Bertz CT molecular complexity index is 1130. The highest BCUT2D eigenvalue weighted by Crippen LogP contribution is 2.27. The summed E-state index contributed by atoms with van der Waals surface area (Å²) in [5.74, 6) is -0.842. The molecule has 1 atom stereocenters. The number of anilines is 1. The van der Waals surface area contributed by atoms with Gasteiger partial charge in [-0.25, -0.2) is 9.48 Å². The van der Waals surface area contributed by atoms with Gasteiger partial charge in [0.25, 0.3) is 11.5 Å². The van der Waals surface area contributed by atoms with Gasteiger partial charge in [0.05, 0.1) is 12.3 Å². The molecule has 0 radical (unpaired) electrons. The summed E-state index contributed by atoms with van der Waals surface area (Å²) in [5.41, 5.74) is 0.592. The van der Waals surface area contributed by atoms with Crippen molar-refractivity contribution < 1.29 is 19.1 Å². The molecule has 3 aromatic rings. The normalized spacial score (nSPS) is 11.4. The molecule has 0 fully saturated rings. The van der Waals surface area contributed by atoms with Crippen LogP contribution in [0.2, 0.25) is 0 Å². The molecule has 166 valence electrons. The van der Waals surface area contributed by atoms with Crippen molar-refractivity contribution in [3.63, 3.8) is 0 Å². The number of aryl methyl sites for hydroxylation is 1. The first-order chi connectivity index (χ1) is 15.5. The zero-order chi connectivity index (χ0) is 22.9. The minimum absolute atomic E-state index is 0.0542. The number of carbonyl (C=O) groups excluding carboxylic acids is 2. The number of nitrogens with zero attached hydrogens (tertiary/aromatic N) is 2. The first-order valence-electron chi connectivity index (χ1n) is 10.4. The largest absolute Gasteiger partial charge is 0.492 e. The monoisotopic (exact) mass is 435 g/mol. The Morgan fingerprint density at radius 1 is 1.00 bits per heavy atom. The topological polar surface area (TPSA) is 99.5 Å². The van der Waals surface area contributed by atoms with Gasteiger partial charge >= 0.3 is 5.97 Å². The summed E-state index contributed by atoms with van der Waals surface area (Å²) in [7, 11) is 0. The molecular formula is C24H25N3O5. The van der Waals surface area contributed by atoms with E-state index in [2.05, 4.69) is 10.4 Å². The van der Waals surface area contributed by atoms with E-state index < -0.39 is 18.0 Å². The SMILES string of the molecule is CCCn1nc(C(=O)OC(C(=O)Nc2ccccc2OCC)c2ccccc2)ccc1=O. The molecule has 0 bridgehead atoms. The molecule has 0 saturated heterocycles. The lowest BCUT2D eigenvalue weighted by molar-refractivity contribution is -0.125. The number of hydrogen-bond acceptors (Lipinski definition) is 6. The Kier molecular flexibility index (Phi) is 7.75. The van der Waals surface area contributed by atoms with Crippen molar-refractivity contribution in [1.29, 1.82) is 0 Å². The molecule has 1 heterocycles. The molecule has 0 saturated carbocycles. The summed E-state index contributed by atoms with van der Waals surface area (Å²) in [6.07, 6.45) is -0.550. The van der Waals surface area contributed by atoms with Gasteiger partial charge in [-0.05, 0) is 31.5 Å². The van der Waals surface area contributed by atoms with Crippen molar-refractivity contribution in [2.45, 2.75) is 32.9 Å². The molecule has 8 nitrogen and oxygen atoms in total. The third-order valence-electron chi connectivity index (χ3n) is 4.52. The van der Waals surface area contributed by atoms with Crippen molar-refractivity contribution in [2.75, 3.05) is 11.9 Å². The van der Waals surface area contributed by atoms with E-state index in [9.17, 15) is 14.4 Å². The Hall–Kier alpha value is -3.94. The predicted octanol–water partition coefficient (Wildman–Crippen LogP) is 3.59. The fraction of sp³-hybridized carbons (Fsp3) is 0.250. The molecular weight excluding hydrogens is 410 g/mol. The summed E-state index contributed by atoms with van der Waals surface area (Å²) in [5, 5.41) is 6.84. The molecule has 3 rings (SSSR count). The van der Waals surface area contributed by atoms with Crippen molar-refractivity contribution >= 4 is 17.6 Å². The number of benzene rings is 2. The number of amides is 1. The Labute approximate surface area is 185 Å². The lowest BCUT2D eigenvalue weighted by atomic mass is 10.1. The minimum atomic E-state index is -1.23. The third kappa shape index (κ3) is 5.60. The van der Waals surface area contributed by atoms with E-state index in [4.69, 9.17) is 9.47 Å². The highest BCUT2D eigenvalue weighted by atomic mass is 16.5. The maximum absolute atomic E-state index is 13.1. The molecule has 1 aromatic heterocycles. The smallest absolute Gasteiger partial charge is 0.359 e. The van der Waals surface area contributed by atoms with Gasteiger partial charge in [0, 0.05) is 18.2 Å². The van der Waals surface area contributed by atoms with Crippen LogP contribution in [-0.4, -0.2) is 28.3 Å². The van der Waals surface area contributed by atoms with Gasteiger partial charge in [-0.1, -0.05) is 49.4 Å². The Morgan fingerprint density at radius 2 is 1.72 bits per heavy atom. The second-order valence-electron chi connectivity index (χ2n) is 6.89. The zero-order valence-electron chi connectivity index (χ0n) is 18.0. The van der Waals surface area contributed by atoms with E-state index >= 15 is 0 Å². The average Bonchev–Trinajstić information content (AvgIpc) is 2.81. The standard InChI is InChI=1S/C24H25N3O5/c1-3-16-27-21(28)15-14-19(26-27)24(30)32-22(17-10-6-5-7-11-17)23(29)25-18-12-8-9-13-20(18)31-4-2/h5-15,22H,3-4,16H2,1-2H3,(H,25,29). The van der Waals surface area contributed by atoms with Crippen LogP contribution in [0.5, 0.6) is 5.75 Å². The second-order valence-corrected chi connectivity index (χ2v) is 6.89. The summed E-state index contributed by atoms with van der Waals surface area (Å²) < 4.78 is 12.3. The van der Waals surface area contributed by atoms with Crippen LogP contribution in [0.4, 0.5) is 5.69 Å². The summed E-state index contributed by atoms with van der Waals surface area (Å²) in [6.45, 7) is 4.55. The van der Waals surface area contributed by atoms with E-state index in [1.54, 1.807) is 54.6 Å². The van der Waals surface area contributed by atoms with Gasteiger partial charge in [-0.2, -0.15) is 5.10 Å². The highest BCUT2D eigenvalue weighted by molar-refractivity contribution is 5.98. The Morgan fingerprint density at radius 3 is 2.44 bits per heavy atom. The Balaban J connectivity index is 1.87. The van der Waals surface area contributed by atoms with Crippen LogP contribution in [0.25, 0.3) is 0 Å². The lowest BCUT2D eigenvalue weighted by Gasteiger charge is -2.19. The number of aromatic nitrogens is 2.